The zero-order valence-corrected chi connectivity index (χ0v) is 5.61. The van der Waals surface area contributed by atoms with Crippen LogP contribution in [0.15, 0.2) is 4.99 Å². The van der Waals surface area contributed by atoms with E-state index in [1.165, 1.54) is 4.90 Å². The number of rotatable bonds is 1. The molecule has 1 unspecified atom stereocenters. The fourth-order valence-electron chi connectivity index (χ4n) is 0.817. The number of guanidine groups is 1. The third-order valence-electron chi connectivity index (χ3n) is 1.54. The molecule has 0 fully saturated rings. The monoisotopic (exact) mass is 143 g/mol. The second-order valence-electron chi connectivity index (χ2n) is 2.16. The molecule has 0 aromatic rings. The van der Waals surface area contributed by atoms with Crippen LogP contribution in [0.5, 0.6) is 0 Å². The van der Waals surface area contributed by atoms with Crippen molar-refractivity contribution < 1.29 is 9.90 Å². The standard InChI is InChI=1S/C5H9N3O2/c1-8-3(4(9)10)2-7-5(8)6/h3H,2H2,1H3,(H2,6,7)(H,9,10). The lowest BCUT2D eigenvalue weighted by Gasteiger charge is -2.16. The topological polar surface area (TPSA) is 78.9 Å². The number of hydrogen-bond donors (Lipinski definition) is 2. The third-order valence-corrected chi connectivity index (χ3v) is 1.54. The molecular weight excluding hydrogens is 134 g/mol. The summed E-state index contributed by atoms with van der Waals surface area (Å²) in [6, 6.07) is -0.569. The summed E-state index contributed by atoms with van der Waals surface area (Å²) in [5.41, 5.74) is 5.32. The molecule has 1 rings (SSSR count). The molecule has 1 atom stereocenters. The third kappa shape index (κ3) is 0.896. The van der Waals surface area contributed by atoms with E-state index >= 15 is 0 Å². The molecule has 3 N–H and O–H groups in total. The Balaban J connectivity index is 2.65. The Hall–Kier alpha value is -1.26. The maximum atomic E-state index is 10.4. The summed E-state index contributed by atoms with van der Waals surface area (Å²) in [6.07, 6.45) is 0. The van der Waals surface area contributed by atoms with Crippen LogP contribution < -0.4 is 5.73 Å². The van der Waals surface area contributed by atoms with Gasteiger partial charge in [0.05, 0.1) is 6.54 Å². The van der Waals surface area contributed by atoms with E-state index in [2.05, 4.69) is 4.99 Å². The molecule has 0 saturated carbocycles. The van der Waals surface area contributed by atoms with Gasteiger partial charge < -0.3 is 15.7 Å². The van der Waals surface area contributed by atoms with Gasteiger partial charge in [0.15, 0.2) is 5.96 Å². The lowest BCUT2D eigenvalue weighted by molar-refractivity contribution is -0.140. The Labute approximate surface area is 58.1 Å². The van der Waals surface area contributed by atoms with Crippen molar-refractivity contribution in [3.8, 4) is 0 Å². The number of hydrogen-bond acceptors (Lipinski definition) is 4. The van der Waals surface area contributed by atoms with Gasteiger partial charge in [-0.15, -0.1) is 0 Å². The highest BCUT2D eigenvalue weighted by Gasteiger charge is 2.28. The van der Waals surface area contributed by atoms with E-state index in [4.69, 9.17) is 10.8 Å². The highest BCUT2D eigenvalue weighted by Crippen LogP contribution is 2.04. The van der Waals surface area contributed by atoms with Crippen molar-refractivity contribution in [1.29, 1.82) is 0 Å². The first-order chi connectivity index (χ1) is 4.63. The van der Waals surface area contributed by atoms with Crippen molar-refractivity contribution in [3.05, 3.63) is 0 Å². The lowest BCUT2D eigenvalue weighted by atomic mass is 10.3. The van der Waals surface area contributed by atoms with E-state index in [0.717, 1.165) is 0 Å². The van der Waals surface area contributed by atoms with E-state index in [0.29, 0.717) is 5.96 Å². The summed E-state index contributed by atoms with van der Waals surface area (Å²) >= 11 is 0. The molecule has 0 aromatic carbocycles. The number of aliphatic carboxylic acids is 1. The first-order valence-electron chi connectivity index (χ1n) is 2.88. The van der Waals surface area contributed by atoms with E-state index in [1.54, 1.807) is 7.05 Å². The van der Waals surface area contributed by atoms with Crippen LogP contribution in [0.1, 0.15) is 0 Å². The summed E-state index contributed by atoms with van der Waals surface area (Å²) in [6.45, 7) is 0.262. The van der Waals surface area contributed by atoms with Gasteiger partial charge in [0, 0.05) is 7.05 Å². The number of nitrogens with zero attached hydrogens (tertiary/aromatic N) is 2. The molecule has 0 saturated heterocycles. The van der Waals surface area contributed by atoms with Crippen LogP contribution in [-0.2, 0) is 4.79 Å². The molecular formula is C5H9N3O2. The SMILES string of the molecule is CN1C(N)=NCC1C(=O)O. The van der Waals surface area contributed by atoms with Gasteiger partial charge >= 0.3 is 5.97 Å². The molecule has 0 amide bonds. The molecule has 0 spiro atoms. The largest absolute Gasteiger partial charge is 0.480 e. The van der Waals surface area contributed by atoms with E-state index < -0.39 is 12.0 Å². The fourth-order valence-corrected chi connectivity index (χ4v) is 0.817. The zero-order valence-electron chi connectivity index (χ0n) is 5.61. The molecule has 1 aliphatic heterocycles. The second-order valence-corrected chi connectivity index (χ2v) is 2.16. The first-order valence-corrected chi connectivity index (χ1v) is 2.88. The molecule has 0 aliphatic carbocycles. The quantitative estimate of drug-likeness (QED) is 0.478. The van der Waals surface area contributed by atoms with Gasteiger partial charge in [-0.3, -0.25) is 4.99 Å². The average molecular weight is 143 g/mol. The predicted molar refractivity (Wildman–Crippen MR) is 35.7 cm³/mol. The van der Waals surface area contributed by atoms with Crippen LogP contribution in [0.3, 0.4) is 0 Å². The van der Waals surface area contributed by atoms with Gasteiger partial charge in [-0.25, -0.2) is 4.79 Å². The second kappa shape index (κ2) is 2.17. The van der Waals surface area contributed by atoms with Crippen LogP contribution in [0, 0.1) is 0 Å². The smallest absolute Gasteiger partial charge is 0.328 e. The van der Waals surface area contributed by atoms with Gasteiger partial charge in [-0.1, -0.05) is 0 Å². The minimum absolute atomic E-state index is 0.262. The molecule has 0 aromatic heterocycles. The lowest BCUT2D eigenvalue weighted by Crippen LogP contribution is -2.41. The van der Waals surface area contributed by atoms with E-state index in [9.17, 15) is 4.79 Å². The van der Waals surface area contributed by atoms with Crippen molar-refractivity contribution in [2.45, 2.75) is 6.04 Å². The highest BCUT2D eigenvalue weighted by atomic mass is 16.4. The summed E-state index contributed by atoms with van der Waals surface area (Å²) in [5, 5.41) is 8.53. The molecule has 5 heteroatoms. The summed E-state index contributed by atoms with van der Waals surface area (Å²) in [7, 11) is 1.62. The maximum absolute atomic E-state index is 10.4. The molecule has 5 nitrogen and oxygen atoms in total. The molecule has 56 valence electrons. The number of carboxylic acid groups (broad SMARTS) is 1. The molecule has 0 radical (unpaired) electrons. The maximum Gasteiger partial charge on any atom is 0.328 e. The van der Waals surface area contributed by atoms with Crippen LogP contribution in [0.4, 0.5) is 0 Å². The Morgan fingerprint density at radius 2 is 2.60 bits per heavy atom. The van der Waals surface area contributed by atoms with Crippen molar-refractivity contribution in [2.75, 3.05) is 13.6 Å². The Kier molecular flexibility index (Phi) is 1.48. The van der Waals surface area contributed by atoms with Gasteiger partial charge in [-0.05, 0) is 0 Å². The van der Waals surface area contributed by atoms with Crippen molar-refractivity contribution in [3.63, 3.8) is 0 Å². The van der Waals surface area contributed by atoms with Crippen LogP contribution in [-0.4, -0.2) is 41.6 Å². The highest BCUT2D eigenvalue weighted by molar-refractivity contribution is 5.87. The molecule has 10 heavy (non-hydrogen) atoms. The predicted octanol–water partition coefficient (Wildman–Crippen LogP) is -1.30. The number of carbonyl (C=O) groups is 1. The van der Waals surface area contributed by atoms with E-state index in [-0.39, 0.29) is 6.54 Å². The summed E-state index contributed by atoms with van der Waals surface area (Å²) in [4.78, 5) is 15.6. The Morgan fingerprint density at radius 1 is 2.00 bits per heavy atom. The molecule has 0 bridgehead atoms. The Bertz CT molecular complexity index is 189. The van der Waals surface area contributed by atoms with E-state index in [1.807, 2.05) is 0 Å². The summed E-state index contributed by atoms with van der Waals surface area (Å²) < 4.78 is 0. The minimum Gasteiger partial charge on any atom is -0.480 e. The Morgan fingerprint density at radius 3 is 2.80 bits per heavy atom. The van der Waals surface area contributed by atoms with Gasteiger partial charge in [0.2, 0.25) is 0 Å². The van der Waals surface area contributed by atoms with Crippen LogP contribution >= 0.6 is 0 Å². The van der Waals surface area contributed by atoms with Crippen LogP contribution in [0.25, 0.3) is 0 Å². The van der Waals surface area contributed by atoms with Gasteiger partial charge in [0.25, 0.3) is 0 Å². The van der Waals surface area contributed by atoms with Gasteiger partial charge in [-0.2, -0.15) is 0 Å². The van der Waals surface area contributed by atoms with Gasteiger partial charge in [0.1, 0.15) is 6.04 Å². The number of aliphatic imine (C=N–C) groups is 1. The molecule has 1 heterocycles. The van der Waals surface area contributed by atoms with Crippen LogP contribution in [0.2, 0.25) is 0 Å². The van der Waals surface area contributed by atoms with Crippen molar-refractivity contribution in [1.82, 2.24) is 4.90 Å². The molecule has 1 aliphatic rings. The number of nitrogens with two attached hydrogens (primary N) is 1. The fraction of sp³-hybridized carbons (Fsp3) is 0.600. The average Bonchev–Trinajstić information content (AvgIpc) is 2.14. The van der Waals surface area contributed by atoms with Crippen molar-refractivity contribution >= 4 is 11.9 Å². The normalized spacial score (nSPS) is 24.7. The number of carboxylic acids is 1. The first kappa shape index (κ1) is 6.85. The summed E-state index contributed by atoms with van der Waals surface area (Å²) in [5.74, 6) is -0.584. The zero-order chi connectivity index (χ0) is 7.72. The van der Waals surface area contributed by atoms with Crippen molar-refractivity contribution in [2.24, 2.45) is 10.7 Å². The number of likely N-dealkylation sites (N-methyl/N-ethyl adjacent to an activating group) is 1. The minimum atomic E-state index is -0.883.